The van der Waals surface area contributed by atoms with Crippen molar-refractivity contribution in [3.05, 3.63) is 133 Å². The summed E-state index contributed by atoms with van der Waals surface area (Å²) in [4.78, 5) is 2.61. The third-order valence-corrected chi connectivity index (χ3v) is 9.23. The van der Waals surface area contributed by atoms with Crippen LogP contribution in [0.1, 0.15) is 0 Å². The Labute approximate surface area is 229 Å². The van der Waals surface area contributed by atoms with Gasteiger partial charge in [-0.15, -0.1) is 0 Å². The maximum Gasteiger partial charge on any atom is 0.0681 e. The van der Waals surface area contributed by atoms with Gasteiger partial charge in [-0.05, 0) is 59.7 Å². The summed E-state index contributed by atoms with van der Waals surface area (Å²) in [5.74, 6) is 0. The Balaban J connectivity index is 1.20. The van der Waals surface area contributed by atoms with Gasteiger partial charge in [-0.3, -0.25) is 0 Å². The minimum Gasteiger partial charge on any atom is -0.309 e. The van der Waals surface area contributed by atoms with Gasteiger partial charge in [0.1, 0.15) is 0 Å². The third kappa shape index (κ3) is 2.94. The summed E-state index contributed by atoms with van der Waals surface area (Å²) >= 11 is 1.87. The van der Waals surface area contributed by atoms with Gasteiger partial charge in [-0.2, -0.15) is 0 Å². The molecule has 0 unspecified atom stereocenters. The highest BCUT2D eigenvalue weighted by molar-refractivity contribution is 7.99. The zero-order chi connectivity index (χ0) is 25.5. The molecule has 0 N–H and O–H groups in total. The topological polar surface area (TPSA) is 9.86 Å². The Morgan fingerprint density at radius 1 is 0.410 bits per heavy atom. The number of fused-ring (bicyclic) bond motifs is 8. The maximum atomic E-state index is 2.46. The second-order valence-corrected chi connectivity index (χ2v) is 11.3. The molecule has 8 aromatic rings. The summed E-state index contributed by atoms with van der Waals surface area (Å²) in [7, 11) is 0. The van der Waals surface area contributed by atoms with Crippen LogP contribution in [0, 0.1) is 0 Å². The molecule has 2 nitrogen and oxygen atoms in total. The molecular weight excluding hydrogens is 492 g/mol. The van der Waals surface area contributed by atoms with Crippen molar-refractivity contribution < 1.29 is 0 Å². The molecule has 3 heteroatoms. The van der Waals surface area contributed by atoms with Gasteiger partial charge in [0.25, 0.3) is 0 Å². The van der Waals surface area contributed by atoms with Gasteiger partial charge in [0.05, 0.1) is 27.8 Å². The third-order valence-electron chi connectivity index (χ3n) is 8.12. The SMILES string of the molecule is c1ccc2c(c1)c1ccccc1n2-c1ccc(-c2ccc3c(c2)-n2c4ccccc4c4cccc(c42)S3)cc1. The molecule has 182 valence electrons. The summed E-state index contributed by atoms with van der Waals surface area (Å²) in [6.07, 6.45) is 0. The van der Waals surface area contributed by atoms with Crippen LogP contribution in [0.15, 0.2) is 143 Å². The fraction of sp³-hybridized carbons (Fsp3) is 0. The first-order valence-electron chi connectivity index (χ1n) is 13.3. The monoisotopic (exact) mass is 514 g/mol. The summed E-state index contributed by atoms with van der Waals surface area (Å²) in [5.41, 5.74) is 9.94. The minimum atomic E-state index is 1.18. The second kappa shape index (κ2) is 7.89. The summed E-state index contributed by atoms with van der Waals surface area (Å²) in [6, 6.07) is 48.7. The van der Waals surface area contributed by atoms with Crippen molar-refractivity contribution in [2.45, 2.75) is 9.79 Å². The Morgan fingerprint density at radius 2 is 0.974 bits per heavy atom. The molecule has 0 saturated carbocycles. The Hall–Kier alpha value is -4.73. The lowest BCUT2D eigenvalue weighted by Gasteiger charge is -2.21. The maximum absolute atomic E-state index is 2.46. The largest absolute Gasteiger partial charge is 0.309 e. The first kappa shape index (κ1) is 21.2. The van der Waals surface area contributed by atoms with Crippen molar-refractivity contribution in [1.82, 2.24) is 9.13 Å². The van der Waals surface area contributed by atoms with Gasteiger partial charge < -0.3 is 9.13 Å². The zero-order valence-electron chi connectivity index (χ0n) is 21.0. The molecule has 0 fully saturated rings. The average molecular weight is 515 g/mol. The molecule has 1 aliphatic heterocycles. The highest BCUT2D eigenvalue weighted by Crippen LogP contribution is 2.47. The van der Waals surface area contributed by atoms with E-state index in [9.17, 15) is 0 Å². The highest BCUT2D eigenvalue weighted by atomic mass is 32.2. The van der Waals surface area contributed by atoms with Gasteiger partial charge in [0, 0.05) is 37.0 Å². The van der Waals surface area contributed by atoms with E-state index in [0.717, 1.165) is 0 Å². The van der Waals surface area contributed by atoms with Gasteiger partial charge >= 0.3 is 0 Å². The van der Waals surface area contributed by atoms with Crippen molar-refractivity contribution in [3.63, 3.8) is 0 Å². The molecule has 0 saturated heterocycles. The number of hydrogen-bond donors (Lipinski definition) is 0. The van der Waals surface area contributed by atoms with Gasteiger partial charge in [0.15, 0.2) is 0 Å². The predicted molar refractivity (Wildman–Crippen MR) is 165 cm³/mol. The minimum absolute atomic E-state index is 1.18. The van der Waals surface area contributed by atoms with Crippen LogP contribution < -0.4 is 0 Å². The normalized spacial score (nSPS) is 12.5. The van der Waals surface area contributed by atoms with Crippen molar-refractivity contribution in [2.24, 2.45) is 0 Å². The second-order valence-electron chi connectivity index (χ2n) is 10.2. The number of hydrogen-bond acceptors (Lipinski definition) is 1. The van der Waals surface area contributed by atoms with Crippen molar-refractivity contribution >= 4 is 55.4 Å². The molecule has 0 radical (unpaired) electrons. The van der Waals surface area contributed by atoms with E-state index in [1.807, 2.05) is 11.8 Å². The number of para-hydroxylation sites is 4. The van der Waals surface area contributed by atoms with Crippen molar-refractivity contribution in [3.8, 4) is 22.5 Å². The lowest BCUT2D eigenvalue weighted by Crippen LogP contribution is -2.02. The van der Waals surface area contributed by atoms with E-state index in [1.54, 1.807) is 0 Å². The van der Waals surface area contributed by atoms with E-state index < -0.39 is 0 Å². The van der Waals surface area contributed by atoms with E-state index in [1.165, 1.54) is 75.9 Å². The quantitative estimate of drug-likeness (QED) is 0.223. The Kier molecular flexibility index (Phi) is 4.29. The summed E-state index contributed by atoms with van der Waals surface area (Å²) in [5, 5.41) is 5.20. The fourth-order valence-electron chi connectivity index (χ4n) is 6.40. The van der Waals surface area contributed by atoms with Crippen molar-refractivity contribution in [2.75, 3.05) is 0 Å². The van der Waals surface area contributed by atoms with Crippen LogP contribution in [-0.2, 0) is 0 Å². The standard InChI is InChI=1S/C36H22N2S/c1-4-12-30-26(8-1)27-9-2-5-13-31(27)37(30)25-19-16-23(17-20-25)24-18-21-34-33(22-24)38-32-14-6-3-10-28(32)29-11-7-15-35(39-34)36(29)38/h1-22H. The molecule has 1 aliphatic rings. The number of rotatable bonds is 2. The van der Waals surface area contributed by atoms with E-state index in [4.69, 9.17) is 0 Å². The molecule has 9 rings (SSSR count). The number of nitrogens with zero attached hydrogens (tertiary/aromatic N) is 2. The van der Waals surface area contributed by atoms with E-state index in [0.29, 0.717) is 0 Å². The molecular formula is C36H22N2S. The number of aromatic nitrogens is 2. The predicted octanol–water partition coefficient (Wildman–Crippen LogP) is 10.0. The lowest BCUT2D eigenvalue weighted by atomic mass is 10.0. The van der Waals surface area contributed by atoms with Crippen LogP contribution in [0.2, 0.25) is 0 Å². The molecule has 3 heterocycles. The van der Waals surface area contributed by atoms with Crippen LogP contribution in [0.5, 0.6) is 0 Å². The smallest absolute Gasteiger partial charge is 0.0681 e. The molecule has 0 amide bonds. The van der Waals surface area contributed by atoms with Gasteiger partial charge in [-0.1, -0.05) is 96.7 Å². The van der Waals surface area contributed by atoms with Crippen LogP contribution in [0.3, 0.4) is 0 Å². The molecule has 0 spiro atoms. The van der Waals surface area contributed by atoms with E-state index in [2.05, 4.69) is 143 Å². The molecule has 0 aliphatic carbocycles. The molecule has 39 heavy (non-hydrogen) atoms. The van der Waals surface area contributed by atoms with Gasteiger partial charge in [-0.25, -0.2) is 0 Å². The van der Waals surface area contributed by atoms with E-state index in [-0.39, 0.29) is 0 Å². The fourth-order valence-corrected chi connectivity index (χ4v) is 7.47. The van der Waals surface area contributed by atoms with Crippen LogP contribution in [0.4, 0.5) is 0 Å². The zero-order valence-corrected chi connectivity index (χ0v) is 21.8. The summed E-state index contributed by atoms with van der Waals surface area (Å²) < 4.78 is 4.83. The highest BCUT2D eigenvalue weighted by Gasteiger charge is 2.23. The van der Waals surface area contributed by atoms with E-state index >= 15 is 0 Å². The average Bonchev–Trinajstić information content (AvgIpc) is 3.52. The molecule has 6 aromatic carbocycles. The Morgan fingerprint density at radius 3 is 1.67 bits per heavy atom. The molecule has 0 bridgehead atoms. The molecule has 2 aromatic heterocycles. The van der Waals surface area contributed by atoms with Crippen LogP contribution in [-0.4, -0.2) is 9.13 Å². The van der Waals surface area contributed by atoms with Crippen LogP contribution in [0.25, 0.3) is 66.1 Å². The summed E-state index contributed by atoms with van der Waals surface area (Å²) in [6.45, 7) is 0. The first-order valence-corrected chi connectivity index (χ1v) is 14.1. The van der Waals surface area contributed by atoms with Crippen LogP contribution >= 0.6 is 11.8 Å². The Bertz CT molecular complexity index is 2200. The lowest BCUT2D eigenvalue weighted by molar-refractivity contribution is 1.09. The van der Waals surface area contributed by atoms with Crippen molar-refractivity contribution in [1.29, 1.82) is 0 Å². The van der Waals surface area contributed by atoms with Gasteiger partial charge in [0.2, 0.25) is 0 Å². The first-order chi connectivity index (χ1) is 19.3. The molecule has 0 atom stereocenters. The number of benzene rings is 6.